The van der Waals surface area contributed by atoms with Crippen molar-refractivity contribution in [2.75, 3.05) is 13.7 Å². The topological polar surface area (TPSA) is 68.6 Å². The molecule has 29 heavy (non-hydrogen) atoms. The maximum absolute atomic E-state index is 13.4. The molecular formula is C23H28N2O4. The minimum Gasteiger partial charge on any atom is -0.464 e. The average molecular weight is 396 g/mol. The third-order valence-electron chi connectivity index (χ3n) is 5.36. The molecule has 0 saturated carbocycles. The minimum atomic E-state index is -0.731. The first-order valence-corrected chi connectivity index (χ1v) is 9.43. The summed E-state index contributed by atoms with van der Waals surface area (Å²) in [4.78, 5) is 40.2. The number of carbonyl (C=O) groups is 3. The number of carbonyl (C=O) groups excluding carboxylic acids is 3. The van der Waals surface area contributed by atoms with Crippen LogP contribution < -0.4 is 0 Å². The summed E-state index contributed by atoms with van der Waals surface area (Å²) in [6.45, 7) is 11.0. The number of nitrogens with zero attached hydrogens (tertiary/aromatic N) is 2. The van der Waals surface area contributed by atoms with E-state index in [2.05, 4.69) is 6.58 Å². The lowest BCUT2D eigenvalue weighted by molar-refractivity contribution is 0.0588. The van der Waals surface area contributed by atoms with Gasteiger partial charge < -0.3 is 14.2 Å². The molecule has 6 heteroatoms. The first-order valence-electron chi connectivity index (χ1n) is 9.43. The number of hydrogen-bond donors (Lipinski definition) is 0. The van der Waals surface area contributed by atoms with E-state index in [1.54, 1.807) is 50.6 Å². The molecule has 0 N–H and O–H groups in total. The van der Waals surface area contributed by atoms with Crippen LogP contribution in [0.4, 0.5) is 0 Å². The molecule has 0 aliphatic carbocycles. The number of rotatable bonds is 7. The molecule has 6 nitrogen and oxygen atoms in total. The quantitative estimate of drug-likeness (QED) is 0.407. The van der Waals surface area contributed by atoms with E-state index in [9.17, 15) is 14.4 Å². The maximum Gasteiger partial charge on any atom is 0.354 e. The molecule has 0 spiro atoms. The van der Waals surface area contributed by atoms with E-state index in [-0.39, 0.29) is 18.2 Å². The van der Waals surface area contributed by atoms with E-state index in [1.165, 1.54) is 12.0 Å². The smallest absolute Gasteiger partial charge is 0.354 e. The molecular weight excluding hydrogens is 368 g/mol. The van der Waals surface area contributed by atoms with Crippen molar-refractivity contribution < 1.29 is 19.1 Å². The minimum absolute atomic E-state index is 0.227. The third kappa shape index (κ3) is 4.01. The van der Waals surface area contributed by atoms with Gasteiger partial charge in [-0.25, -0.2) is 4.79 Å². The van der Waals surface area contributed by atoms with Crippen molar-refractivity contribution >= 4 is 17.7 Å². The van der Waals surface area contributed by atoms with Gasteiger partial charge in [-0.3, -0.25) is 9.59 Å². The van der Waals surface area contributed by atoms with Gasteiger partial charge in [-0.15, -0.1) is 6.58 Å². The monoisotopic (exact) mass is 396 g/mol. The summed E-state index contributed by atoms with van der Waals surface area (Å²) < 4.78 is 6.51. The molecule has 0 fully saturated rings. The van der Waals surface area contributed by atoms with E-state index < -0.39 is 12.0 Å². The fourth-order valence-corrected chi connectivity index (χ4v) is 3.60. The van der Waals surface area contributed by atoms with Crippen LogP contribution in [0.15, 0.2) is 36.9 Å². The number of methoxy groups -OCH3 is 1. The summed E-state index contributed by atoms with van der Waals surface area (Å²) in [6.07, 6.45) is 1.60. The molecule has 1 heterocycles. The highest BCUT2D eigenvalue weighted by atomic mass is 16.5. The predicted octanol–water partition coefficient (Wildman–Crippen LogP) is 3.64. The van der Waals surface area contributed by atoms with Gasteiger partial charge >= 0.3 is 5.97 Å². The van der Waals surface area contributed by atoms with Crippen LogP contribution in [0, 0.1) is 20.8 Å². The van der Waals surface area contributed by atoms with Gasteiger partial charge in [0.15, 0.2) is 5.78 Å². The van der Waals surface area contributed by atoms with Gasteiger partial charge in [-0.05, 0) is 44.9 Å². The Bertz CT molecular complexity index is 971. The normalized spacial score (nSPS) is 11.7. The lowest BCUT2D eigenvalue weighted by Gasteiger charge is -2.28. The second-order valence-electron chi connectivity index (χ2n) is 7.09. The fraction of sp³-hybridized carbons (Fsp3) is 0.348. The Balaban J connectivity index is 2.48. The molecule has 2 aromatic rings. The lowest BCUT2D eigenvalue weighted by Crippen LogP contribution is -2.44. The summed E-state index contributed by atoms with van der Waals surface area (Å²) in [5.41, 5.74) is 3.36. The Hall–Kier alpha value is -3.15. The number of esters is 1. The maximum atomic E-state index is 13.4. The third-order valence-corrected chi connectivity index (χ3v) is 5.36. The SMILES string of the molecule is C=CCN(C(=O)c1ccccc1C)[C@@H](C)C(=O)c1c(C)c(C(=O)OC)n(C)c1C. The van der Waals surface area contributed by atoms with Gasteiger partial charge in [0.1, 0.15) is 5.69 Å². The van der Waals surface area contributed by atoms with Crippen molar-refractivity contribution in [3.8, 4) is 0 Å². The van der Waals surface area contributed by atoms with Crippen LogP contribution >= 0.6 is 0 Å². The van der Waals surface area contributed by atoms with E-state index in [0.717, 1.165) is 5.56 Å². The van der Waals surface area contributed by atoms with Gasteiger partial charge in [0.05, 0.1) is 13.2 Å². The molecule has 1 aromatic heterocycles. The zero-order valence-corrected chi connectivity index (χ0v) is 17.9. The molecule has 0 aliphatic rings. The highest BCUT2D eigenvalue weighted by Crippen LogP contribution is 2.25. The largest absolute Gasteiger partial charge is 0.464 e. The molecule has 1 amide bonds. The van der Waals surface area contributed by atoms with Crippen molar-refractivity contribution in [1.29, 1.82) is 0 Å². The Morgan fingerprint density at radius 2 is 1.83 bits per heavy atom. The number of amides is 1. The van der Waals surface area contributed by atoms with E-state index in [0.29, 0.717) is 28.1 Å². The first-order chi connectivity index (χ1) is 13.7. The lowest BCUT2D eigenvalue weighted by atomic mass is 9.98. The predicted molar refractivity (Wildman–Crippen MR) is 112 cm³/mol. The first kappa shape index (κ1) is 22.1. The van der Waals surface area contributed by atoms with Crippen molar-refractivity contribution in [1.82, 2.24) is 9.47 Å². The molecule has 1 atom stereocenters. The van der Waals surface area contributed by atoms with Gasteiger partial charge in [-0.2, -0.15) is 0 Å². The van der Waals surface area contributed by atoms with Crippen molar-refractivity contribution in [2.24, 2.45) is 7.05 Å². The number of aryl methyl sites for hydroxylation is 1. The van der Waals surface area contributed by atoms with Gasteiger partial charge in [0.25, 0.3) is 5.91 Å². The Morgan fingerprint density at radius 1 is 1.21 bits per heavy atom. The van der Waals surface area contributed by atoms with Crippen LogP contribution in [0.25, 0.3) is 0 Å². The van der Waals surface area contributed by atoms with Gasteiger partial charge in [0, 0.05) is 30.4 Å². The van der Waals surface area contributed by atoms with Crippen LogP contribution in [0.1, 0.15) is 54.9 Å². The van der Waals surface area contributed by atoms with Crippen LogP contribution in [0.2, 0.25) is 0 Å². The molecule has 1 aromatic carbocycles. The molecule has 0 aliphatic heterocycles. The van der Waals surface area contributed by atoms with Crippen LogP contribution in [0.3, 0.4) is 0 Å². The molecule has 0 unspecified atom stereocenters. The van der Waals surface area contributed by atoms with E-state index in [4.69, 9.17) is 4.74 Å². The standard InChI is InChI=1S/C23H28N2O4/c1-8-13-25(22(27)18-12-10-9-11-14(18)2)17(5)21(26)19-15(3)20(23(28)29-7)24(6)16(19)4/h8-12,17H,1,13H2,2-7H3/t17-/m0/s1. The zero-order chi connectivity index (χ0) is 21.9. The molecule has 2 rings (SSSR count). The highest BCUT2D eigenvalue weighted by molar-refractivity contribution is 6.07. The summed E-state index contributed by atoms with van der Waals surface area (Å²) in [7, 11) is 3.02. The van der Waals surface area contributed by atoms with Crippen molar-refractivity contribution in [3.05, 3.63) is 70.6 Å². The molecule has 0 bridgehead atoms. The van der Waals surface area contributed by atoms with Crippen LogP contribution in [0.5, 0.6) is 0 Å². The second-order valence-corrected chi connectivity index (χ2v) is 7.09. The number of aromatic nitrogens is 1. The summed E-state index contributed by atoms with van der Waals surface area (Å²) in [5.74, 6) is -0.962. The highest BCUT2D eigenvalue weighted by Gasteiger charge is 2.32. The van der Waals surface area contributed by atoms with E-state index >= 15 is 0 Å². The number of Topliss-reactive ketones (excluding diaryl/α,β-unsaturated/α-hetero) is 1. The van der Waals surface area contributed by atoms with Crippen molar-refractivity contribution in [3.63, 3.8) is 0 Å². The average Bonchev–Trinajstić information content (AvgIpc) is 2.93. The van der Waals surface area contributed by atoms with E-state index in [1.807, 2.05) is 19.1 Å². The summed E-state index contributed by atoms with van der Waals surface area (Å²) in [5, 5.41) is 0. The Kier molecular flexibility index (Phi) is 6.80. The number of hydrogen-bond acceptors (Lipinski definition) is 4. The summed E-state index contributed by atoms with van der Waals surface area (Å²) in [6, 6.07) is 6.54. The van der Waals surface area contributed by atoms with Crippen molar-refractivity contribution in [2.45, 2.75) is 33.7 Å². The fourth-order valence-electron chi connectivity index (χ4n) is 3.60. The molecule has 0 saturated heterocycles. The number of benzene rings is 1. The van der Waals surface area contributed by atoms with Crippen LogP contribution in [-0.4, -0.2) is 46.8 Å². The Morgan fingerprint density at radius 3 is 2.38 bits per heavy atom. The molecule has 154 valence electrons. The summed E-state index contributed by atoms with van der Waals surface area (Å²) >= 11 is 0. The Labute approximate surface area is 171 Å². The van der Waals surface area contributed by atoms with Crippen LogP contribution in [-0.2, 0) is 11.8 Å². The van der Waals surface area contributed by atoms with Gasteiger partial charge in [0.2, 0.25) is 0 Å². The zero-order valence-electron chi connectivity index (χ0n) is 17.9. The van der Waals surface area contributed by atoms with Gasteiger partial charge in [-0.1, -0.05) is 24.3 Å². The number of ether oxygens (including phenoxy) is 1. The second kappa shape index (κ2) is 8.90. The number of ketones is 1. The molecule has 0 radical (unpaired) electrons.